The van der Waals surface area contributed by atoms with Crippen LogP contribution in [0, 0.1) is 11.3 Å². The van der Waals surface area contributed by atoms with Crippen molar-refractivity contribution >= 4 is 0 Å². The summed E-state index contributed by atoms with van der Waals surface area (Å²) in [5, 5.41) is 0. The van der Waals surface area contributed by atoms with Crippen LogP contribution in [0.3, 0.4) is 0 Å². The zero-order chi connectivity index (χ0) is 9.85. The van der Waals surface area contributed by atoms with Crippen LogP contribution in [0.15, 0.2) is 0 Å². The minimum Gasteiger partial charge on any atom is -0.302 e. The molecule has 0 aromatic rings. The number of rotatable bonds is 1. The standard InChI is InChI=1S/C10H17F2N/c1-7(2)8-4-9(6-13(8)3)5-10(9,11)12/h7-8H,4-6H2,1-3H3. The molecule has 2 atom stereocenters. The molecule has 2 rings (SSSR count). The van der Waals surface area contributed by atoms with Crippen LogP contribution in [0.1, 0.15) is 26.7 Å². The monoisotopic (exact) mass is 189 g/mol. The molecule has 0 aromatic heterocycles. The average molecular weight is 189 g/mol. The Hall–Kier alpha value is -0.180. The molecule has 0 aromatic carbocycles. The van der Waals surface area contributed by atoms with Gasteiger partial charge in [0.25, 0.3) is 5.92 Å². The Morgan fingerprint density at radius 2 is 1.92 bits per heavy atom. The Labute approximate surface area is 78.1 Å². The van der Waals surface area contributed by atoms with Gasteiger partial charge in [-0.05, 0) is 19.4 Å². The van der Waals surface area contributed by atoms with Crippen LogP contribution < -0.4 is 0 Å². The summed E-state index contributed by atoms with van der Waals surface area (Å²) >= 11 is 0. The molecule has 2 unspecified atom stereocenters. The van der Waals surface area contributed by atoms with Crippen molar-refractivity contribution in [3.05, 3.63) is 0 Å². The SMILES string of the molecule is CC(C)C1CC2(CN1C)CC2(F)F. The van der Waals surface area contributed by atoms with Crippen LogP contribution in [0.2, 0.25) is 0 Å². The number of alkyl halides is 2. The van der Waals surface area contributed by atoms with Crippen molar-refractivity contribution in [1.29, 1.82) is 0 Å². The zero-order valence-electron chi connectivity index (χ0n) is 8.48. The molecule has 0 amide bonds. The Morgan fingerprint density at radius 3 is 2.15 bits per heavy atom. The van der Waals surface area contributed by atoms with Crippen molar-refractivity contribution in [2.75, 3.05) is 13.6 Å². The Kier molecular flexibility index (Phi) is 1.76. The molecule has 1 nitrogen and oxygen atoms in total. The van der Waals surface area contributed by atoms with E-state index < -0.39 is 11.3 Å². The highest BCUT2D eigenvalue weighted by molar-refractivity contribution is 5.16. The summed E-state index contributed by atoms with van der Waals surface area (Å²) in [5.74, 6) is -1.88. The highest BCUT2D eigenvalue weighted by Gasteiger charge is 2.73. The van der Waals surface area contributed by atoms with Crippen LogP contribution in [0.25, 0.3) is 0 Å². The van der Waals surface area contributed by atoms with Crippen molar-refractivity contribution < 1.29 is 8.78 Å². The maximum absolute atomic E-state index is 13.1. The van der Waals surface area contributed by atoms with Gasteiger partial charge in [-0.2, -0.15) is 0 Å². The number of halogens is 2. The molecule has 13 heavy (non-hydrogen) atoms. The smallest absolute Gasteiger partial charge is 0.255 e. The van der Waals surface area contributed by atoms with Gasteiger partial charge in [0.1, 0.15) is 0 Å². The normalized spacial score (nSPS) is 43.4. The molecule has 1 heterocycles. The van der Waals surface area contributed by atoms with Gasteiger partial charge in [-0.1, -0.05) is 13.8 Å². The molecular weight excluding hydrogens is 172 g/mol. The van der Waals surface area contributed by atoms with E-state index in [1.165, 1.54) is 0 Å². The lowest BCUT2D eigenvalue weighted by molar-refractivity contribution is 0.0671. The third kappa shape index (κ3) is 1.20. The quantitative estimate of drug-likeness (QED) is 0.612. The van der Waals surface area contributed by atoms with Crippen LogP contribution in [0.5, 0.6) is 0 Å². The molecule has 1 saturated heterocycles. The molecular formula is C10H17F2N. The van der Waals surface area contributed by atoms with E-state index in [0.717, 1.165) is 0 Å². The second-order valence-electron chi connectivity index (χ2n) is 5.09. The molecule has 1 saturated carbocycles. The Bertz CT molecular complexity index is 227. The Morgan fingerprint density at radius 1 is 1.38 bits per heavy atom. The molecule has 2 fully saturated rings. The molecule has 76 valence electrons. The van der Waals surface area contributed by atoms with Gasteiger partial charge in [-0.15, -0.1) is 0 Å². The van der Waals surface area contributed by atoms with Crippen molar-refractivity contribution in [2.24, 2.45) is 11.3 Å². The fourth-order valence-electron chi connectivity index (χ4n) is 2.73. The molecule has 0 radical (unpaired) electrons. The summed E-state index contributed by atoms with van der Waals surface area (Å²) in [4.78, 5) is 2.10. The first-order valence-electron chi connectivity index (χ1n) is 4.96. The van der Waals surface area contributed by atoms with Crippen molar-refractivity contribution in [2.45, 2.75) is 38.7 Å². The first-order valence-corrected chi connectivity index (χ1v) is 4.96. The average Bonchev–Trinajstić information content (AvgIpc) is 2.36. The molecule has 2 aliphatic rings. The van der Waals surface area contributed by atoms with Gasteiger partial charge >= 0.3 is 0 Å². The van der Waals surface area contributed by atoms with E-state index in [-0.39, 0.29) is 6.42 Å². The van der Waals surface area contributed by atoms with Gasteiger partial charge in [0.05, 0.1) is 5.41 Å². The predicted octanol–water partition coefficient (Wildman–Crippen LogP) is 2.37. The largest absolute Gasteiger partial charge is 0.302 e. The van der Waals surface area contributed by atoms with Gasteiger partial charge in [0, 0.05) is 19.0 Å². The molecule has 1 aliphatic heterocycles. The van der Waals surface area contributed by atoms with E-state index in [1.54, 1.807) is 0 Å². The van der Waals surface area contributed by atoms with Crippen LogP contribution in [-0.2, 0) is 0 Å². The first kappa shape index (κ1) is 9.38. The fraction of sp³-hybridized carbons (Fsp3) is 1.00. The maximum Gasteiger partial charge on any atom is 0.255 e. The topological polar surface area (TPSA) is 3.24 Å². The highest BCUT2D eigenvalue weighted by Crippen LogP contribution is 2.66. The molecule has 1 aliphatic carbocycles. The molecule has 1 spiro atoms. The zero-order valence-corrected chi connectivity index (χ0v) is 8.48. The minimum atomic E-state index is -2.37. The van der Waals surface area contributed by atoms with Crippen molar-refractivity contribution in [3.63, 3.8) is 0 Å². The summed E-state index contributed by atoms with van der Waals surface area (Å²) in [5.41, 5.74) is -0.642. The number of nitrogens with zero attached hydrogens (tertiary/aromatic N) is 1. The summed E-state index contributed by atoms with van der Waals surface area (Å²) in [6.45, 7) is 4.81. The van der Waals surface area contributed by atoms with E-state index in [2.05, 4.69) is 18.7 Å². The van der Waals surface area contributed by atoms with Crippen molar-refractivity contribution in [1.82, 2.24) is 4.90 Å². The molecule has 0 N–H and O–H groups in total. The van der Waals surface area contributed by atoms with E-state index in [1.807, 2.05) is 7.05 Å². The highest BCUT2D eigenvalue weighted by atomic mass is 19.3. The van der Waals surface area contributed by atoms with E-state index in [9.17, 15) is 8.78 Å². The third-order valence-corrected chi connectivity index (χ3v) is 3.70. The van der Waals surface area contributed by atoms with E-state index in [0.29, 0.717) is 24.9 Å². The predicted molar refractivity (Wildman–Crippen MR) is 47.9 cm³/mol. The Balaban J connectivity index is 2.09. The van der Waals surface area contributed by atoms with E-state index >= 15 is 0 Å². The lowest BCUT2D eigenvalue weighted by Gasteiger charge is -2.22. The maximum atomic E-state index is 13.1. The second kappa shape index (κ2) is 2.44. The van der Waals surface area contributed by atoms with E-state index in [4.69, 9.17) is 0 Å². The lowest BCUT2D eigenvalue weighted by atomic mass is 9.95. The number of hydrogen-bond acceptors (Lipinski definition) is 1. The third-order valence-electron chi connectivity index (χ3n) is 3.70. The van der Waals surface area contributed by atoms with Crippen LogP contribution >= 0.6 is 0 Å². The summed E-state index contributed by atoms with van der Waals surface area (Å²) in [6.07, 6.45) is 0.807. The van der Waals surface area contributed by atoms with Crippen LogP contribution in [0.4, 0.5) is 8.78 Å². The molecule has 3 heteroatoms. The van der Waals surface area contributed by atoms with Gasteiger partial charge in [-0.3, -0.25) is 0 Å². The first-order chi connectivity index (χ1) is 5.88. The minimum absolute atomic E-state index is 0.119. The summed E-state index contributed by atoms with van der Waals surface area (Å²) in [7, 11) is 1.97. The second-order valence-corrected chi connectivity index (χ2v) is 5.09. The van der Waals surface area contributed by atoms with Crippen molar-refractivity contribution in [3.8, 4) is 0 Å². The van der Waals surface area contributed by atoms with Gasteiger partial charge in [0.2, 0.25) is 0 Å². The summed E-state index contributed by atoms with van der Waals surface area (Å²) in [6, 6.07) is 0.355. The lowest BCUT2D eigenvalue weighted by Crippen LogP contribution is -2.29. The van der Waals surface area contributed by atoms with Gasteiger partial charge < -0.3 is 4.90 Å². The van der Waals surface area contributed by atoms with Gasteiger partial charge in [0.15, 0.2) is 0 Å². The van der Waals surface area contributed by atoms with Crippen LogP contribution in [-0.4, -0.2) is 30.5 Å². The molecule has 0 bridgehead atoms. The number of hydrogen-bond donors (Lipinski definition) is 0. The number of likely N-dealkylation sites (tertiary alicyclic amines) is 1. The van der Waals surface area contributed by atoms with Gasteiger partial charge in [-0.25, -0.2) is 8.78 Å². The summed E-state index contributed by atoms with van der Waals surface area (Å²) < 4.78 is 26.2. The fourth-order valence-corrected chi connectivity index (χ4v) is 2.73.